The maximum atomic E-state index is 6.41. The standard InChI is InChI=1S/C15H22ClN3S/c1-5-11-7-8-20-15(11)13(17-6-2)14-12(16)9-18-19(14)10(3)4/h7-10,13,17H,5-6H2,1-4H3. The lowest BCUT2D eigenvalue weighted by Gasteiger charge is -2.22. The number of aryl methyl sites for hydroxylation is 1. The molecule has 0 saturated heterocycles. The molecular weight excluding hydrogens is 290 g/mol. The molecule has 0 bridgehead atoms. The van der Waals surface area contributed by atoms with E-state index in [4.69, 9.17) is 11.6 Å². The van der Waals surface area contributed by atoms with Crippen LogP contribution in [0.15, 0.2) is 17.6 Å². The highest BCUT2D eigenvalue weighted by molar-refractivity contribution is 7.10. The Bertz CT molecular complexity index is 559. The molecule has 0 amide bonds. The predicted octanol–water partition coefficient (Wildman–Crippen LogP) is 4.44. The van der Waals surface area contributed by atoms with Gasteiger partial charge in [0.1, 0.15) is 0 Å². The van der Waals surface area contributed by atoms with E-state index in [0.717, 1.165) is 23.7 Å². The highest BCUT2D eigenvalue weighted by Crippen LogP contribution is 2.34. The van der Waals surface area contributed by atoms with Crippen LogP contribution in [0.2, 0.25) is 5.02 Å². The molecule has 0 saturated carbocycles. The first-order chi connectivity index (χ1) is 9.60. The van der Waals surface area contributed by atoms with E-state index in [2.05, 4.69) is 49.6 Å². The van der Waals surface area contributed by atoms with Crippen molar-refractivity contribution in [3.63, 3.8) is 0 Å². The largest absolute Gasteiger partial charge is 0.305 e. The fraction of sp³-hybridized carbons (Fsp3) is 0.533. The molecule has 110 valence electrons. The van der Waals surface area contributed by atoms with E-state index < -0.39 is 0 Å². The number of nitrogens with one attached hydrogen (secondary N) is 1. The van der Waals surface area contributed by atoms with Gasteiger partial charge in [-0.2, -0.15) is 5.10 Å². The normalized spacial score (nSPS) is 13.1. The quantitative estimate of drug-likeness (QED) is 0.854. The topological polar surface area (TPSA) is 29.9 Å². The fourth-order valence-electron chi connectivity index (χ4n) is 2.44. The maximum absolute atomic E-state index is 6.41. The minimum absolute atomic E-state index is 0.118. The summed E-state index contributed by atoms with van der Waals surface area (Å²) in [5, 5.41) is 10.9. The van der Waals surface area contributed by atoms with Gasteiger partial charge in [-0.3, -0.25) is 4.68 Å². The molecule has 0 aliphatic rings. The van der Waals surface area contributed by atoms with Crippen molar-refractivity contribution < 1.29 is 0 Å². The molecule has 2 heterocycles. The molecule has 1 atom stereocenters. The number of thiophene rings is 1. The minimum atomic E-state index is 0.118. The molecule has 0 spiro atoms. The van der Waals surface area contributed by atoms with E-state index in [1.54, 1.807) is 17.5 Å². The van der Waals surface area contributed by atoms with Crippen molar-refractivity contribution in [3.8, 4) is 0 Å². The van der Waals surface area contributed by atoms with Crippen LogP contribution in [-0.4, -0.2) is 16.3 Å². The average Bonchev–Trinajstić information content (AvgIpc) is 3.02. The first-order valence-electron chi connectivity index (χ1n) is 7.12. The Labute approximate surface area is 130 Å². The van der Waals surface area contributed by atoms with Crippen LogP contribution < -0.4 is 5.32 Å². The SMILES string of the molecule is CCNC(c1sccc1CC)c1c(Cl)cnn1C(C)C. The first kappa shape index (κ1) is 15.5. The highest BCUT2D eigenvalue weighted by Gasteiger charge is 2.25. The van der Waals surface area contributed by atoms with Crippen LogP contribution in [0.4, 0.5) is 0 Å². The highest BCUT2D eigenvalue weighted by atomic mass is 35.5. The number of rotatable bonds is 6. The Morgan fingerprint density at radius 1 is 1.40 bits per heavy atom. The molecule has 0 fully saturated rings. The van der Waals surface area contributed by atoms with Crippen LogP contribution in [-0.2, 0) is 6.42 Å². The fourth-order valence-corrected chi connectivity index (χ4v) is 3.76. The Hall–Kier alpha value is -0.840. The van der Waals surface area contributed by atoms with Crippen molar-refractivity contribution in [3.05, 3.63) is 38.8 Å². The van der Waals surface area contributed by atoms with Crippen LogP contribution in [0.25, 0.3) is 0 Å². The number of nitrogens with zero attached hydrogens (tertiary/aromatic N) is 2. The Balaban J connectivity index is 2.51. The second-order valence-corrected chi connectivity index (χ2v) is 6.43. The van der Waals surface area contributed by atoms with Crippen LogP contribution in [0.5, 0.6) is 0 Å². The summed E-state index contributed by atoms with van der Waals surface area (Å²) >= 11 is 8.20. The van der Waals surface area contributed by atoms with Crippen LogP contribution in [0, 0.1) is 0 Å². The second kappa shape index (κ2) is 6.74. The molecular formula is C15H22ClN3S. The molecule has 0 aliphatic heterocycles. The molecule has 1 unspecified atom stereocenters. The number of hydrogen-bond acceptors (Lipinski definition) is 3. The zero-order chi connectivity index (χ0) is 14.7. The third kappa shape index (κ3) is 2.92. The molecule has 0 aliphatic carbocycles. The summed E-state index contributed by atoms with van der Waals surface area (Å²) in [6.07, 6.45) is 2.79. The predicted molar refractivity (Wildman–Crippen MR) is 86.8 cm³/mol. The Morgan fingerprint density at radius 2 is 2.15 bits per heavy atom. The molecule has 5 heteroatoms. The van der Waals surface area contributed by atoms with Gasteiger partial charge in [-0.05, 0) is 43.8 Å². The van der Waals surface area contributed by atoms with E-state index in [1.165, 1.54) is 10.4 Å². The zero-order valence-corrected chi connectivity index (χ0v) is 14.1. The van der Waals surface area contributed by atoms with Crippen LogP contribution in [0.1, 0.15) is 55.9 Å². The van der Waals surface area contributed by atoms with E-state index >= 15 is 0 Å². The molecule has 3 nitrogen and oxygen atoms in total. The van der Waals surface area contributed by atoms with E-state index in [1.807, 2.05) is 4.68 Å². The molecule has 1 N–H and O–H groups in total. The van der Waals surface area contributed by atoms with Crippen LogP contribution in [0.3, 0.4) is 0 Å². The summed E-state index contributed by atoms with van der Waals surface area (Å²) in [4.78, 5) is 1.35. The molecule has 2 aromatic rings. The van der Waals surface area contributed by atoms with Gasteiger partial charge >= 0.3 is 0 Å². The van der Waals surface area contributed by atoms with Crippen molar-refractivity contribution in [1.29, 1.82) is 0 Å². The molecule has 0 aromatic carbocycles. The second-order valence-electron chi connectivity index (χ2n) is 5.07. The van der Waals surface area contributed by atoms with Crippen molar-refractivity contribution in [2.24, 2.45) is 0 Å². The summed E-state index contributed by atoms with van der Waals surface area (Å²) in [6, 6.07) is 2.62. The van der Waals surface area contributed by atoms with Gasteiger partial charge in [0.2, 0.25) is 0 Å². The lowest BCUT2D eigenvalue weighted by atomic mass is 10.1. The lowest BCUT2D eigenvalue weighted by molar-refractivity contribution is 0.478. The molecule has 20 heavy (non-hydrogen) atoms. The van der Waals surface area contributed by atoms with Gasteiger partial charge < -0.3 is 5.32 Å². The summed E-state index contributed by atoms with van der Waals surface area (Å²) in [6.45, 7) is 9.47. The zero-order valence-electron chi connectivity index (χ0n) is 12.5. The Kier molecular flexibility index (Phi) is 5.24. The van der Waals surface area contributed by atoms with Gasteiger partial charge in [0.15, 0.2) is 0 Å². The summed E-state index contributed by atoms with van der Waals surface area (Å²) in [7, 11) is 0. The minimum Gasteiger partial charge on any atom is -0.305 e. The smallest absolute Gasteiger partial charge is 0.0859 e. The molecule has 2 rings (SSSR count). The number of halogens is 1. The number of hydrogen-bond donors (Lipinski definition) is 1. The van der Waals surface area contributed by atoms with Gasteiger partial charge in [0.05, 0.1) is 23.0 Å². The van der Waals surface area contributed by atoms with Crippen molar-refractivity contribution >= 4 is 22.9 Å². The van der Waals surface area contributed by atoms with E-state index in [9.17, 15) is 0 Å². The van der Waals surface area contributed by atoms with Crippen molar-refractivity contribution in [1.82, 2.24) is 15.1 Å². The van der Waals surface area contributed by atoms with Gasteiger partial charge in [0, 0.05) is 10.9 Å². The third-order valence-electron chi connectivity index (χ3n) is 3.38. The monoisotopic (exact) mass is 311 g/mol. The van der Waals surface area contributed by atoms with Gasteiger partial charge in [-0.15, -0.1) is 11.3 Å². The van der Waals surface area contributed by atoms with E-state index in [-0.39, 0.29) is 6.04 Å². The van der Waals surface area contributed by atoms with Gasteiger partial charge in [-0.25, -0.2) is 0 Å². The summed E-state index contributed by atoms with van der Waals surface area (Å²) in [5.41, 5.74) is 2.45. The summed E-state index contributed by atoms with van der Waals surface area (Å²) < 4.78 is 2.02. The van der Waals surface area contributed by atoms with Gasteiger partial charge in [-0.1, -0.05) is 25.4 Å². The third-order valence-corrected chi connectivity index (χ3v) is 4.70. The molecule has 2 aromatic heterocycles. The number of aromatic nitrogens is 2. The maximum Gasteiger partial charge on any atom is 0.0859 e. The van der Waals surface area contributed by atoms with Crippen molar-refractivity contribution in [2.45, 2.75) is 46.2 Å². The van der Waals surface area contributed by atoms with E-state index in [0.29, 0.717) is 6.04 Å². The first-order valence-corrected chi connectivity index (χ1v) is 8.38. The molecule has 0 radical (unpaired) electrons. The van der Waals surface area contributed by atoms with Crippen molar-refractivity contribution in [2.75, 3.05) is 6.54 Å². The average molecular weight is 312 g/mol. The Morgan fingerprint density at radius 3 is 2.75 bits per heavy atom. The van der Waals surface area contributed by atoms with Crippen LogP contribution >= 0.6 is 22.9 Å². The lowest BCUT2D eigenvalue weighted by Crippen LogP contribution is -2.26. The summed E-state index contributed by atoms with van der Waals surface area (Å²) in [5.74, 6) is 0. The van der Waals surface area contributed by atoms with Gasteiger partial charge in [0.25, 0.3) is 0 Å².